The highest BCUT2D eigenvalue weighted by atomic mass is 35.5. The summed E-state index contributed by atoms with van der Waals surface area (Å²) in [6, 6.07) is 5.42. The van der Waals surface area contributed by atoms with Crippen molar-refractivity contribution in [1.29, 1.82) is 0 Å². The second-order valence-corrected chi connectivity index (χ2v) is 6.68. The molecule has 2 N–H and O–H groups in total. The molecule has 0 aliphatic carbocycles. The highest BCUT2D eigenvalue weighted by Gasteiger charge is 2.22. The summed E-state index contributed by atoms with van der Waals surface area (Å²) in [5.74, 6) is -0.0346. The smallest absolute Gasteiger partial charge is 0.279 e. The number of phenolic OH excluding ortho intramolecular Hbond substituents is 1. The van der Waals surface area contributed by atoms with Gasteiger partial charge in [-0.05, 0) is 31.5 Å². The number of phenols is 1. The summed E-state index contributed by atoms with van der Waals surface area (Å²) in [6.07, 6.45) is 2.20. The van der Waals surface area contributed by atoms with Crippen molar-refractivity contribution in [3.63, 3.8) is 0 Å². The molecule has 2 aromatic rings. The maximum Gasteiger partial charge on any atom is 0.279 e. The second kappa shape index (κ2) is 5.95. The average Bonchev–Trinajstić information content (AvgIpc) is 2.91. The van der Waals surface area contributed by atoms with Gasteiger partial charge in [0.15, 0.2) is 5.03 Å². The van der Waals surface area contributed by atoms with Gasteiger partial charge in [0.25, 0.3) is 10.0 Å². The molecule has 0 radical (unpaired) electrons. The summed E-state index contributed by atoms with van der Waals surface area (Å²) in [5, 5.41) is 13.5. The first kappa shape index (κ1) is 15.7. The third-order valence-electron chi connectivity index (χ3n) is 3.11. The summed E-state index contributed by atoms with van der Waals surface area (Å²) in [7, 11) is -3.81. The van der Waals surface area contributed by atoms with Gasteiger partial charge in [-0.25, -0.2) is 4.68 Å². The second-order valence-electron chi connectivity index (χ2n) is 4.64. The molecule has 0 saturated carbocycles. The molecule has 6 nitrogen and oxygen atoms in total. The summed E-state index contributed by atoms with van der Waals surface area (Å²) < 4.78 is 28.8. The van der Waals surface area contributed by atoms with Crippen LogP contribution in [0.5, 0.6) is 5.75 Å². The molecule has 0 aliphatic rings. The van der Waals surface area contributed by atoms with E-state index in [2.05, 4.69) is 9.82 Å². The Morgan fingerprint density at radius 3 is 2.76 bits per heavy atom. The van der Waals surface area contributed by atoms with Crippen molar-refractivity contribution in [3.8, 4) is 5.75 Å². The number of nitrogens with one attached hydrogen (secondary N) is 1. The lowest BCUT2D eigenvalue weighted by Crippen LogP contribution is -2.20. The Labute approximate surface area is 128 Å². The van der Waals surface area contributed by atoms with Crippen LogP contribution in [0.25, 0.3) is 0 Å². The normalized spacial score (nSPS) is 13.1. The summed E-state index contributed by atoms with van der Waals surface area (Å²) in [5.41, 5.74) is 0.200. The molecule has 2 rings (SSSR count). The summed E-state index contributed by atoms with van der Waals surface area (Å²) in [6.45, 7) is 3.84. The van der Waals surface area contributed by atoms with E-state index < -0.39 is 10.0 Å². The molecule has 1 aromatic heterocycles. The van der Waals surface area contributed by atoms with E-state index in [1.807, 2.05) is 13.8 Å². The van der Waals surface area contributed by atoms with E-state index in [0.717, 1.165) is 6.42 Å². The number of benzene rings is 1. The molecule has 0 fully saturated rings. The minimum atomic E-state index is -3.81. The molecule has 0 bridgehead atoms. The Hall–Kier alpha value is -1.73. The van der Waals surface area contributed by atoms with E-state index in [1.165, 1.54) is 35.1 Å². The molecule has 1 unspecified atom stereocenters. The minimum absolute atomic E-state index is 0.0346. The topological polar surface area (TPSA) is 84.2 Å². The average molecular weight is 330 g/mol. The zero-order valence-electron chi connectivity index (χ0n) is 11.6. The lowest BCUT2D eigenvalue weighted by atomic mass is 10.3. The van der Waals surface area contributed by atoms with Gasteiger partial charge in [0.1, 0.15) is 5.75 Å². The van der Waals surface area contributed by atoms with E-state index in [9.17, 15) is 13.5 Å². The van der Waals surface area contributed by atoms with Crippen molar-refractivity contribution in [3.05, 3.63) is 35.5 Å². The fourth-order valence-electron chi connectivity index (χ4n) is 1.80. The van der Waals surface area contributed by atoms with Crippen LogP contribution in [0.15, 0.2) is 35.5 Å². The maximum atomic E-state index is 12.4. The van der Waals surface area contributed by atoms with Crippen LogP contribution in [-0.2, 0) is 10.0 Å². The van der Waals surface area contributed by atoms with Crippen LogP contribution in [0, 0.1) is 0 Å². The van der Waals surface area contributed by atoms with Gasteiger partial charge in [0, 0.05) is 6.07 Å². The fraction of sp³-hybridized carbons (Fsp3) is 0.308. The van der Waals surface area contributed by atoms with Crippen LogP contribution in [0.3, 0.4) is 0 Å². The van der Waals surface area contributed by atoms with Crippen LogP contribution in [0.1, 0.15) is 26.3 Å². The molecule has 0 amide bonds. The van der Waals surface area contributed by atoms with E-state index in [0.29, 0.717) is 0 Å². The van der Waals surface area contributed by atoms with Gasteiger partial charge in [-0.2, -0.15) is 13.5 Å². The molecule has 0 aliphatic heterocycles. The predicted octanol–water partition coefficient (Wildman–Crippen LogP) is 3.01. The van der Waals surface area contributed by atoms with Crippen molar-refractivity contribution in [2.24, 2.45) is 0 Å². The number of hydrogen-bond donors (Lipinski definition) is 2. The summed E-state index contributed by atoms with van der Waals surface area (Å²) in [4.78, 5) is 0. The molecule has 1 heterocycles. The third-order valence-corrected chi connectivity index (χ3v) is 4.79. The van der Waals surface area contributed by atoms with Gasteiger partial charge in [-0.1, -0.05) is 18.5 Å². The van der Waals surface area contributed by atoms with E-state index in [-0.39, 0.29) is 27.5 Å². The van der Waals surface area contributed by atoms with E-state index in [1.54, 1.807) is 0 Å². The Morgan fingerprint density at radius 1 is 1.43 bits per heavy atom. The Balaban J connectivity index is 2.37. The quantitative estimate of drug-likeness (QED) is 0.826. The zero-order valence-corrected chi connectivity index (χ0v) is 13.2. The molecule has 0 saturated heterocycles. The first-order valence-electron chi connectivity index (χ1n) is 6.40. The number of rotatable bonds is 5. The minimum Gasteiger partial charge on any atom is -0.508 e. The first-order chi connectivity index (χ1) is 9.85. The number of aromatic nitrogens is 2. The van der Waals surface area contributed by atoms with Crippen LogP contribution in [0.4, 0.5) is 5.69 Å². The third kappa shape index (κ3) is 3.30. The highest BCUT2D eigenvalue weighted by molar-refractivity contribution is 7.92. The van der Waals surface area contributed by atoms with Gasteiger partial charge < -0.3 is 5.11 Å². The van der Waals surface area contributed by atoms with E-state index >= 15 is 0 Å². The number of nitrogens with zero attached hydrogens (tertiary/aromatic N) is 2. The predicted molar refractivity (Wildman–Crippen MR) is 81.2 cm³/mol. The lowest BCUT2D eigenvalue weighted by Gasteiger charge is -2.15. The molecular weight excluding hydrogens is 314 g/mol. The number of sulfonamides is 1. The van der Waals surface area contributed by atoms with Gasteiger partial charge in [-0.15, -0.1) is 0 Å². The summed E-state index contributed by atoms with van der Waals surface area (Å²) >= 11 is 5.92. The van der Waals surface area contributed by atoms with Crippen molar-refractivity contribution in [2.75, 3.05) is 4.72 Å². The van der Waals surface area contributed by atoms with Gasteiger partial charge in [-0.3, -0.25) is 4.72 Å². The van der Waals surface area contributed by atoms with E-state index in [4.69, 9.17) is 11.6 Å². The molecular formula is C13H16ClN3O3S. The maximum absolute atomic E-state index is 12.4. The van der Waals surface area contributed by atoms with Crippen LogP contribution in [-0.4, -0.2) is 23.3 Å². The Kier molecular flexibility index (Phi) is 4.43. The molecule has 1 aromatic carbocycles. The van der Waals surface area contributed by atoms with Gasteiger partial charge >= 0.3 is 0 Å². The Morgan fingerprint density at radius 2 is 2.14 bits per heavy atom. The first-order valence-corrected chi connectivity index (χ1v) is 8.26. The van der Waals surface area contributed by atoms with Gasteiger partial charge in [0.05, 0.1) is 22.9 Å². The van der Waals surface area contributed by atoms with Crippen molar-refractivity contribution in [1.82, 2.24) is 9.78 Å². The molecule has 114 valence electrons. The zero-order chi connectivity index (χ0) is 15.6. The number of aromatic hydroxyl groups is 1. The number of hydrogen-bond acceptors (Lipinski definition) is 4. The van der Waals surface area contributed by atoms with Crippen molar-refractivity contribution < 1.29 is 13.5 Å². The lowest BCUT2D eigenvalue weighted by molar-refractivity contribution is 0.437. The van der Waals surface area contributed by atoms with Crippen LogP contribution >= 0.6 is 11.6 Å². The standard InChI is InChI=1S/C13H16ClN3O3S/c1-3-9(2)17-13(6-7-15-17)21(19,20)16-12-5-4-10(18)8-11(12)14/h4-9,16,18H,3H2,1-2H3. The largest absolute Gasteiger partial charge is 0.508 e. The number of anilines is 1. The molecule has 0 spiro atoms. The Bertz CT molecular complexity index is 743. The van der Waals surface area contributed by atoms with Crippen molar-refractivity contribution in [2.45, 2.75) is 31.3 Å². The van der Waals surface area contributed by atoms with Crippen LogP contribution in [0.2, 0.25) is 5.02 Å². The fourth-order valence-corrected chi connectivity index (χ4v) is 3.37. The molecule has 21 heavy (non-hydrogen) atoms. The van der Waals surface area contributed by atoms with Crippen molar-refractivity contribution >= 4 is 27.3 Å². The highest BCUT2D eigenvalue weighted by Crippen LogP contribution is 2.28. The number of halogens is 1. The van der Waals surface area contributed by atoms with Gasteiger partial charge in [0.2, 0.25) is 0 Å². The molecule has 1 atom stereocenters. The SMILES string of the molecule is CCC(C)n1nccc1S(=O)(=O)Nc1ccc(O)cc1Cl. The molecule has 8 heteroatoms. The van der Waals surface area contributed by atoms with Crippen LogP contribution < -0.4 is 4.72 Å². The monoisotopic (exact) mass is 329 g/mol.